The van der Waals surface area contributed by atoms with Gasteiger partial charge in [-0.3, -0.25) is 10.1 Å². The van der Waals surface area contributed by atoms with Gasteiger partial charge < -0.3 is 4.74 Å². The maximum atomic E-state index is 13.4. The molecule has 1 aliphatic heterocycles. The molecule has 0 radical (unpaired) electrons. The number of methoxy groups -OCH3 is 1. The molecule has 0 bridgehead atoms. The Morgan fingerprint density at radius 1 is 1.23 bits per heavy atom. The molecule has 0 saturated carbocycles. The standard InChI is InChI=1S/C22H25N3O4S2/c1-14-7-9-17-19(12-14)30-22(23-17)24-21(26)16-8-10-18(29-3)20(13-16)31(27,28)25-11-5-4-6-15(25)2/h7-10,12-13,15H,4-6,11H2,1-3H3,(H,23,24,26). The number of sulfonamides is 1. The SMILES string of the molecule is COc1ccc(C(=O)Nc2nc3ccc(C)cc3s2)cc1S(=O)(=O)N1CCCCC1C. The average Bonchev–Trinajstić information content (AvgIpc) is 3.14. The van der Waals surface area contributed by atoms with Crippen LogP contribution in [0.1, 0.15) is 42.1 Å². The summed E-state index contributed by atoms with van der Waals surface area (Å²) >= 11 is 1.38. The quantitative estimate of drug-likeness (QED) is 0.610. The zero-order valence-electron chi connectivity index (χ0n) is 17.7. The highest BCUT2D eigenvalue weighted by Crippen LogP contribution is 2.32. The number of rotatable bonds is 5. The van der Waals surface area contributed by atoms with Crippen LogP contribution in [0.3, 0.4) is 0 Å². The number of thiazole rings is 1. The lowest BCUT2D eigenvalue weighted by Gasteiger charge is -2.32. The molecule has 31 heavy (non-hydrogen) atoms. The number of hydrogen-bond donors (Lipinski definition) is 1. The Balaban J connectivity index is 1.65. The summed E-state index contributed by atoms with van der Waals surface area (Å²) < 4.78 is 34.5. The number of ether oxygens (including phenoxy) is 1. The summed E-state index contributed by atoms with van der Waals surface area (Å²) in [4.78, 5) is 17.3. The van der Waals surface area contributed by atoms with E-state index in [2.05, 4.69) is 10.3 Å². The Bertz CT molecular complexity index is 1240. The van der Waals surface area contributed by atoms with Gasteiger partial charge in [0.25, 0.3) is 5.91 Å². The zero-order valence-corrected chi connectivity index (χ0v) is 19.3. The monoisotopic (exact) mass is 459 g/mol. The fourth-order valence-corrected chi connectivity index (χ4v) is 6.67. The normalized spacial score (nSPS) is 17.6. The van der Waals surface area contributed by atoms with E-state index in [0.717, 1.165) is 35.0 Å². The number of nitrogens with zero attached hydrogens (tertiary/aromatic N) is 2. The van der Waals surface area contributed by atoms with E-state index in [1.807, 2.05) is 32.0 Å². The van der Waals surface area contributed by atoms with Crippen molar-refractivity contribution < 1.29 is 17.9 Å². The van der Waals surface area contributed by atoms with E-state index < -0.39 is 15.9 Å². The second-order valence-corrected chi connectivity index (χ2v) is 10.7. The lowest BCUT2D eigenvalue weighted by molar-refractivity contribution is 0.102. The average molecular weight is 460 g/mol. The van der Waals surface area contributed by atoms with Crippen LogP contribution in [0.15, 0.2) is 41.3 Å². The van der Waals surface area contributed by atoms with Gasteiger partial charge in [-0.05, 0) is 62.6 Å². The molecule has 2 heterocycles. The Kier molecular flexibility index (Phi) is 6.00. The van der Waals surface area contributed by atoms with E-state index in [-0.39, 0.29) is 22.3 Å². The van der Waals surface area contributed by atoms with Gasteiger partial charge in [-0.1, -0.05) is 23.8 Å². The van der Waals surface area contributed by atoms with Crippen LogP contribution >= 0.6 is 11.3 Å². The summed E-state index contributed by atoms with van der Waals surface area (Å²) in [5.74, 6) is -0.189. The third-order valence-corrected chi connectivity index (χ3v) is 8.49. The number of carbonyl (C=O) groups is 1. The predicted octanol–water partition coefficient (Wildman–Crippen LogP) is 4.43. The molecule has 1 saturated heterocycles. The van der Waals surface area contributed by atoms with Crippen LogP contribution in [0.4, 0.5) is 5.13 Å². The molecule has 0 aliphatic carbocycles. The fourth-order valence-electron chi connectivity index (χ4n) is 3.83. The minimum Gasteiger partial charge on any atom is -0.495 e. The van der Waals surface area contributed by atoms with E-state index in [0.29, 0.717) is 11.7 Å². The summed E-state index contributed by atoms with van der Waals surface area (Å²) in [5, 5.41) is 3.26. The van der Waals surface area contributed by atoms with Crippen molar-refractivity contribution in [3.63, 3.8) is 0 Å². The number of nitrogens with one attached hydrogen (secondary N) is 1. The molecule has 1 atom stereocenters. The van der Waals surface area contributed by atoms with E-state index in [9.17, 15) is 13.2 Å². The molecule has 1 fully saturated rings. The van der Waals surface area contributed by atoms with Crippen molar-refractivity contribution in [2.24, 2.45) is 0 Å². The molecule has 1 aliphatic rings. The van der Waals surface area contributed by atoms with Gasteiger partial charge in [-0.2, -0.15) is 4.31 Å². The summed E-state index contributed by atoms with van der Waals surface area (Å²) in [6.45, 7) is 4.38. The van der Waals surface area contributed by atoms with Crippen LogP contribution in [-0.4, -0.2) is 43.3 Å². The van der Waals surface area contributed by atoms with Crippen LogP contribution < -0.4 is 10.1 Å². The topological polar surface area (TPSA) is 88.6 Å². The van der Waals surface area contributed by atoms with E-state index in [1.165, 1.54) is 34.9 Å². The zero-order chi connectivity index (χ0) is 22.2. The van der Waals surface area contributed by atoms with Crippen molar-refractivity contribution >= 4 is 42.6 Å². The second-order valence-electron chi connectivity index (χ2n) is 7.77. The third kappa shape index (κ3) is 4.30. The molecule has 1 aromatic heterocycles. The number of benzene rings is 2. The molecule has 164 valence electrons. The Morgan fingerprint density at radius 3 is 2.77 bits per heavy atom. The summed E-state index contributed by atoms with van der Waals surface area (Å²) in [7, 11) is -2.37. The minimum absolute atomic E-state index is 0.0105. The molecule has 2 aromatic carbocycles. The molecular formula is C22H25N3O4S2. The van der Waals surface area contributed by atoms with Gasteiger partial charge in [-0.25, -0.2) is 13.4 Å². The van der Waals surface area contributed by atoms with Crippen molar-refractivity contribution in [2.75, 3.05) is 19.0 Å². The highest BCUT2D eigenvalue weighted by molar-refractivity contribution is 7.89. The largest absolute Gasteiger partial charge is 0.495 e. The van der Waals surface area contributed by atoms with Gasteiger partial charge in [0, 0.05) is 18.2 Å². The van der Waals surface area contributed by atoms with Crippen LogP contribution in [0.2, 0.25) is 0 Å². The predicted molar refractivity (Wildman–Crippen MR) is 123 cm³/mol. The van der Waals surface area contributed by atoms with Crippen molar-refractivity contribution in [1.82, 2.24) is 9.29 Å². The van der Waals surface area contributed by atoms with Crippen LogP contribution in [0.25, 0.3) is 10.2 Å². The first-order valence-corrected chi connectivity index (χ1v) is 12.4. The van der Waals surface area contributed by atoms with Gasteiger partial charge in [0.05, 0.1) is 17.3 Å². The molecule has 0 spiro atoms. The highest BCUT2D eigenvalue weighted by atomic mass is 32.2. The number of carbonyl (C=O) groups excluding carboxylic acids is 1. The molecule has 1 unspecified atom stereocenters. The molecule has 3 aromatic rings. The number of anilines is 1. The van der Waals surface area contributed by atoms with Gasteiger partial charge in [0.15, 0.2) is 5.13 Å². The van der Waals surface area contributed by atoms with Gasteiger partial charge in [0.2, 0.25) is 10.0 Å². The number of aryl methyl sites for hydroxylation is 1. The fraction of sp³-hybridized carbons (Fsp3) is 0.364. The summed E-state index contributed by atoms with van der Waals surface area (Å²) in [5.41, 5.74) is 2.16. The van der Waals surface area contributed by atoms with Crippen molar-refractivity contribution in [3.05, 3.63) is 47.5 Å². The smallest absolute Gasteiger partial charge is 0.257 e. The Hall–Kier alpha value is -2.49. The van der Waals surface area contributed by atoms with Crippen LogP contribution in [-0.2, 0) is 10.0 Å². The second kappa shape index (κ2) is 8.57. The number of aromatic nitrogens is 1. The molecule has 1 amide bonds. The molecule has 7 nitrogen and oxygen atoms in total. The van der Waals surface area contributed by atoms with Crippen molar-refractivity contribution in [3.8, 4) is 5.75 Å². The molecule has 9 heteroatoms. The number of hydrogen-bond acceptors (Lipinski definition) is 6. The van der Waals surface area contributed by atoms with Gasteiger partial charge in [-0.15, -0.1) is 0 Å². The first-order valence-electron chi connectivity index (χ1n) is 10.2. The van der Waals surface area contributed by atoms with Crippen LogP contribution in [0.5, 0.6) is 5.75 Å². The highest BCUT2D eigenvalue weighted by Gasteiger charge is 2.33. The van der Waals surface area contributed by atoms with E-state index in [4.69, 9.17) is 4.74 Å². The van der Waals surface area contributed by atoms with Crippen molar-refractivity contribution in [2.45, 2.75) is 44.0 Å². The van der Waals surface area contributed by atoms with Crippen molar-refractivity contribution in [1.29, 1.82) is 0 Å². The molecule has 1 N–H and O–H groups in total. The molecular weight excluding hydrogens is 434 g/mol. The van der Waals surface area contributed by atoms with Crippen LogP contribution in [0, 0.1) is 6.92 Å². The minimum atomic E-state index is -3.79. The van der Waals surface area contributed by atoms with Gasteiger partial charge >= 0.3 is 0 Å². The van der Waals surface area contributed by atoms with Gasteiger partial charge in [0.1, 0.15) is 10.6 Å². The van der Waals surface area contributed by atoms with E-state index in [1.54, 1.807) is 6.07 Å². The molecule has 4 rings (SSSR count). The number of fused-ring (bicyclic) bond motifs is 1. The maximum absolute atomic E-state index is 13.4. The lowest BCUT2D eigenvalue weighted by Crippen LogP contribution is -2.42. The number of amides is 1. The third-order valence-electron chi connectivity index (χ3n) is 5.52. The first-order chi connectivity index (χ1) is 14.8. The lowest BCUT2D eigenvalue weighted by atomic mass is 10.1. The van der Waals surface area contributed by atoms with E-state index >= 15 is 0 Å². The Morgan fingerprint density at radius 2 is 2.03 bits per heavy atom. The summed E-state index contributed by atoms with van der Waals surface area (Å²) in [6, 6.07) is 10.3. The Labute approximate surface area is 186 Å². The maximum Gasteiger partial charge on any atom is 0.257 e. The first kappa shape index (κ1) is 21.7. The summed E-state index contributed by atoms with van der Waals surface area (Å²) in [6.07, 6.45) is 2.65. The number of piperidine rings is 1.